The molecule has 0 amide bonds. The first-order valence-electron chi connectivity index (χ1n) is 12.5. The smallest absolute Gasteiger partial charge is 0.412 e. The lowest BCUT2D eigenvalue weighted by Gasteiger charge is -2.34. The molecule has 0 saturated carbocycles. The summed E-state index contributed by atoms with van der Waals surface area (Å²) in [4.78, 5) is 30.3. The third-order valence-electron chi connectivity index (χ3n) is 7.18. The van der Waals surface area contributed by atoms with Crippen molar-refractivity contribution >= 4 is 29.2 Å². The van der Waals surface area contributed by atoms with Crippen LogP contribution in [0, 0.1) is 24.2 Å². The topological polar surface area (TPSA) is 96.7 Å². The maximum atomic E-state index is 13.8. The van der Waals surface area contributed by atoms with Crippen molar-refractivity contribution in [2.45, 2.75) is 98.1 Å². The molecule has 5 atom stereocenters. The molecule has 37 heavy (non-hydrogen) atoms. The Bertz CT molecular complexity index is 1010. The first-order valence-corrected chi connectivity index (χ1v) is 13.4. The van der Waals surface area contributed by atoms with Gasteiger partial charge in [-0.15, -0.1) is 11.3 Å². The van der Waals surface area contributed by atoms with Gasteiger partial charge in [0.05, 0.1) is 34.7 Å². The van der Waals surface area contributed by atoms with Crippen LogP contribution >= 0.6 is 11.3 Å². The van der Waals surface area contributed by atoms with Gasteiger partial charge in [-0.2, -0.15) is 13.2 Å². The Kier molecular flexibility index (Phi) is 10.7. The maximum Gasteiger partial charge on any atom is 0.412 e. The second-order valence-corrected chi connectivity index (χ2v) is 11.6. The van der Waals surface area contributed by atoms with Gasteiger partial charge in [-0.3, -0.25) is 9.59 Å². The van der Waals surface area contributed by atoms with Crippen molar-refractivity contribution in [1.82, 2.24) is 4.98 Å². The van der Waals surface area contributed by atoms with Crippen molar-refractivity contribution in [2.24, 2.45) is 17.3 Å². The number of aryl methyl sites for hydroxylation is 1. The summed E-state index contributed by atoms with van der Waals surface area (Å²) in [5.74, 6) is -2.57. The highest BCUT2D eigenvalue weighted by molar-refractivity contribution is 7.09. The number of carbonyl (C=O) groups is 2. The average molecular weight is 546 g/mol. The average Bonchev–Trinajstić information content (AvgIpc) is 3.21. The highest BCUT2D eigenvalue weighted by atomic mass is 32.1. The second-order valence-electron chi connectivity index (χ2n) is 10.6. The molecule has 2 heterocycles. The van der Waals surface area contributed by atoms with E-state index >= 15 is 0 Å². The van der Waals surface area contributed by atoms with Crippen LogP contribution in [0.3, 0.4) is 0 Å². The van der Waals surface area contributed by atoms with Crippen LogP contribution in [0.4, 0.5) is 13.2 Å². The Balaban J connectivity index is 2.45. The molecule has 0 fully saturated rings. The highest BCUT2D eigenvalue weighted by Gasteiger charge is 2.42. The number of allylic oxidation sites excluding steroid dienone is 1. The number of cyclic esters (lactones) is 1. The van der Waals surface area contributed by atoms with Gasteiger partial charge in [0.15, 0.2) is 0 Å². The molecule has 2 rings (SSSR count). The van der Waals surface area contributed by atoms with Crippen molar-refractivity contribution in [3.05, 3.63) is 33.3 Å². The summed E-state index contributed by atoms with van der Waals surface area (Å²) < 4.78 is 46.9. The Morgan fingerprint density at radius 2 is 1.89 bits per heavy atom. The van der Waals surface area contributed by atoms with E-state index < -0.39 is 65.5 Å². The van der Waals surface area contributed by atoms with E-state index in [0.717, 1.165) is 11.1 Å². The number of nitrogens with zero attached hydrogens (tertiary/aromatic N) is 1. The molecule has 0 aromatic carbocycles. The maximum absolute atomic E-state index is 13.8. The number of aromatic nitrogens is 1. The molecule has 10 heteroatoms. The molecule has 1 aromatic heterocycles. The number of halogens is 3. The summed E-state index contributed by atoms with van der Waals surface area (Å²) >= 11 is 1.42. The van der Waals surface area contributed by atoms with Gasteiger partial charge in [0.25, 0.3) is 0 Å². The monoisotopic (exact) mass is 545 g/mol. The molecular weight excluding hydrogens is 507 g/mol. The van der Waals surface area contributed by atoms with Gasteiger partial charge >= 0.3 is 12.1 Å². The number of rotatable bonds is 2. The Labute approximate surface area is 220 Å². The van der Waals surface area contributed by atoms with Crippen molar-refractivity contribution in [3.8, 4) is 0 Å². The van der Waals surface area contributed by atoms with Gasteiger partial charge < -0.3 is 14.9 Å². The Hall–Kier alpha value is -2.04. The van der Waals surface area contributed by atoms with E-state index in [1.807, 2.05) is 6.92 Å². The molecule has 3 unspecified atom stereocenters. The molecule has 1 aliphatic heterocycles. The normalized spacial score (nSPS) is 30.9. The number of hydrogen-bond donors (Lipinski definition) is 2. The molecule has 0 aliphatic carbocycles. The molecular formula is C27H38F3NO5S. The molecule has 1 aromatic rings. The fourth-order valence-corrected chi connectivity index (χ4v) is 5.08. The van der Waals surface area contributed by atoms with Crippen LogP contribution in [0.2, 0.25) is 0 Å². The lowest BCUT2D eigenvalue weighted by molar-refractivity contribution is -0.154. The van der Waals surface area contributed by atoms with E-state index in [-0.39, 0.29) is 25.7 Å². The minimum Gasteiger partial charge on any atom is -0.457 e. The van der Waals surface area contributed by atoms with E-state index in [1.54, 1.807) is 25.3 Å². The van der Waals surface area contributed by atoms with E-state index in [4.69, 9.17) is 4.74 Å². The van der Waals surface area contributed by atoms with Crippen LogP contribution in [-0.2, 0) is 14.3 Å². The third kappa shape index (κ3) is 8.48. The molecule has 208 valence electrons. The molecule has 6 nitrogen and oxygen atoms in total. The van der Waals surface area contributed by atoms with Crippen molar-refractivity contribution in [3.63, 3.8) is 0 Å². The molecule has 2 N–H and O–H groups in total. The first kappa shape index (κ1) is 31.2. The van der Waals surface area contributed by atoms with Crippen LogP contribution in [0.25, 0.3) is 6.08 Å². The van der Waals surface area contributed by atoms with Crippen LogP contribution in [0.5, 0.6) is 0 Å². The van der Waals surface area contributed by atoms with E-state index in [1.165, 1.54) is 32.1 Å². The Morgan fingerprint density at radius 1 is 1.24 bits per heavy atom. The zero-order valence-electron chi connectivity index (χ0n) is 22.3. The molecule has 0 spiro atoms. The predicted molar refractivity (Wildman–Crippen MR) is 137 cm³/mol. The quantitative estimate of drug-likeness (QED) is 0.360. The number of thiazole rings is 1. The number of alkyl halides is 3. The van der Waals surface area contributed by atoms with Gasteiger partial charge in [-0.25, -0.2) is 4.98 Å². The largest absolute Gasteiger partial charge is 0.457 e. The van der Waals surface area contributed by atoms with Crippen molar-refractivity contribution < 1.29 is 37.7 Å². The fraction of sp³-hybridized carbons (Fsp3) is 0.667. The zero-order valence-corrected chi connectivity index (χ0v) is 23.1. The summed E-state index contributed by atoms with van der Waals surface area (Å²) in [6.07, 6.45) is -5.89. The second kappa shape index (κ2) is 12.7. The first-order chi connectivity index (χ1) is 17.0. The summed E-state index contributed by atoms with van der Waals surface area (Å²) in [5.41, 5.74) is -0.966. The summed E-state index contributed by atoms with van der Waals surface area (Å²) in [6, 6.07) is 0. The van der Waals surface area contributed by atoms with Crippen LogP contribution < -0.4 is 0 Å². The zero-order chi connectivity index (χ0) is 28.1. The molecule has 0 saturated heterocycles. The van der Waals surface area contributed by atoms with Crippen molar-refractivity contribution in [2.75, 3.05) is 0 Å². The minimum absolute atomic E-state index is 0.161. The van der Waals surface area contributed by atoms with Crippen LogP contribution in [0.15, 0.2) is 22.6 Å². The fourth-order valence-electron chi connectivity index (χ4n) is 4.51. The predicted octanol–water partition coefficient (Wildman–Crippen LogP) is 5.81. The minimum atomic E-state index is -4.56. The number of esters is 1. The number of hydrogen-bond acceptors (Lipinski definition) is 7. The summed E-state index contributed by atoms with van der Waals surface area (Å²) in [6.45, 7) is 9.73. The van der Waals surface area contributed by atoms with E-state index in [2.05, 4.69) is 4.98 Å². The van der Waals surface area contributed by atoms with Gasteiger partial charge in [-0.05, 0) is 50.7 Å². The molecule has 1 aliphatic rings. The SMILES string of the molecule is C/C(=C\c1csc(C)n1)C1C/C=C(/C(F)(F)F)CCC[C@H](C)C(O)C(C)C(=O)C(C)(C)[C@@H](O)CC(=O)O1. The number of carbonyl (C=O) groups excluding carboxylic acids is 2. The number of ether oxygens (including phenoxy) is 1. The third-order valence-corrected chi connectivity index (χ3v) is 7.97. The summed E-state index contributed by atoms with van der Waals surface area (Å²) in [7, 11) is 0. The van der Waals surface area contributed by atoms with Gasteiger partial charge in [-0.1, -0.05) is 33.8 Å². The lowest BCUT2D eigenvalue weighted by Crippen LogP contribution is -2.45. The standard InChI is InChI=1S/C27H38F3NO5S/c1-15-8-7-9-19(27(28,29)30)10-11-21(16(2)12-20-14-37-18(4)31-20)36-23(33)13-22(32)26(5,6)25(35)17(3)24(15)34/h10,12,14-15,17,21-22,24,32,34H,7-9,11,13H2,1-6H3/b16-12+,19-10+/t15-,17?,21?,22-,24?/m0/s1. The number of aliphatic hydroxyl groups excluding tert-OH is 2. The van der Waals surface area contributed by atoms with Crippen molar-refractivity contribution in [1.29, 1.82) is 0 Å². The number of Topliss-reactive ketones (excluding diaryl/α,β-unsaturated/α-hetero) is 1. The van der Waals surface area contributed by atoms with Crippen LogP contribution in [0.1, 0.15) is 77.4 Å². The van der Waals surface area contributed by atoms with E-state index in [0.29, 0.717) is 11.3 Å². The molecule has 0 bridgehead atoms. The lowest BCUT2D eigenvalue weighted by atomic mass is 9.73. The van der Waals surface area contributed by atoms with Gasteiger partial charge in [0, 0.05) is 23.3 Å². The highest BCUT2D eigenvalue weighted by Crippen LogP contribution is 2.35. The summed E-state index contributed by atoms with van der Waals surface area (Å²) in [5, 5.41) is 24.1. The Morgan fingerprint density at radius 3 is 2.46 bits per heavy atom. The molecule has 0 radical (unpaired) electrons. The van der Waals surface area contributed by atoms with Crippen LogP contribution in [-0.4, -0.2) is 51.4 Å². The van der Waals surface area contributed by atoms with Gasteiger partial charge in [0.1, 0.15) is 11.9 Å². The van der Waals surface area contributed by atoms with Gasteiger partial charge in [0.2, 0.25) is 0 Å². The number of ketones is 1. The number of aliphatic hydroxyl groups is 2. The van der Waals surface area contributed by atoms with E-state index in [9.17, 15) is 33.0 Å².